The number of benzene rings is 1. The van der Waals surface area contributed by atoms with Crippen LogP contribution in [0.2, 0.25) is 0 Å². The molecule has 0 bridgehead atoms. The minimum Gasteiger partial charge on any atom is -0.457 e. The Morgan fingerprint density at radius 2 is 2.04 bits per heavy atom. The van der Waals surface area contributed by atoms with Gasteiger partial charge < -0.3 is 4.74 Å². The molecule has 0 spiro atoms. The first-order valence-electron chi connectivity index (χ1n) is 7.36. The van der Waals surface area contributed by atoms with E-state index in [1.165, 1.54) is 6.07 Å². The second-order valence-electron chi connectivity index (χ2n) is 4.90. The number of ether oxygens (including phenoxy) is 1. The molecule has 0 saturated heterocycles. The average molecular weight is 337 g/mol. The molecule has 0 amide bonds. The summed E-state index contributed by atoms with van der Waals surface area (Å²) in [5.41, 5.74) is 0.364. The van der Waals surface area contributed by atoms with Crippen molar-refractivity contribution in [2.75, 3.05) is 0 Å². The summed E-state index contributed by atoms with van der Waals surface area (Å²) in [7, 11) is 0. The van der Waals surface area contributed by atoms with Crippen LogP contribution < -0.4 is 4.74 Å². The molecule has 0 saturated carbocycles. The number of halogens is 3. The zero-order valence-corrected chi connectivity index (χ0v) is 12.4. The van der Waals surface area contributed by atoms with E-state index in [2.05, 4.69) is 20.3 Å². The van der Waals surface area contributed by atoms with Crippen LogP contribution in [0, 0.1) is 12.7 Å². The zero-order chi connectivity index (χ0) is 18.0. The number of rotatable bonds is 5. The van der Waals surface area contributed by atoms with Crippen molar-refractivity contribution in [1.82, 2.24) is 25.0 Å². The maximum atomic E-state index is 13.4. The van der Waals surface area contributed by atoms with Crippen molar-refractivity contribution in [3.8, 4) is 11.7 Å². The van der Waals surface area contributed by atoms with E-state index in [-0.39, 0.29) is 30.2 Å². The third kappa shape index (κ3) is 3.50. The lowest BCUT2D eigenvalue weighted by Gasteiger charge is -2.05. The standard InChI is InChI=1S/C15H12F3N5O/c1-9-5-19-15(20-6-9)24-8-10-7-23(22-21-10)11-2-3-13(16)12(4-11)14(17)18/h2-7,14H,8H2,1H3/i7T. The van der Waals surface area contributed by atoms with E-state index in [1.807, 2.05) is 6.92 Å². The molecule has 2 heterocycles. The summed E-state index contributed by atoms with van der Waals surface area (Å²) in [4.78, 5) is 7.91. The molecule has 0 N–H and O–H groups in total. The van der Waals surface area contributed by atoms with Crippen molar-refractivity contribution in [3.63, 3.8) is 0 Å². The molecule has 24 heavy (non-hydrogen) atoms. The zero-order valence-electron chi connectivity index (χ0n) is 13.4. The number of aryl methyl sites for hydroxylation is 1. The molecule has 0 atom stereocenters. The Labute approximate surface area is 136 Å². The van der Waals surface area contributed by atoms with E-state index in [4.69, 9.17) is 6.11 Å². The van der Waals surface area contributed by atoms with Gasteiger partial charge in [-0.2, -0.15) is 0 Å². The van der Waals surface area contributed by atoms with Crippen LogP contribution in [0.1, 0.15) is 24.6 Å². The lowest BCUT2D eigenvalue weighted by Crippen LogP contribution is -2.00. The minimum atomic E-state index is -2.97. The van der Waals surface area contributed by atoms with Crippen LogP contribution in [0.4, 0.5) is 13.2 Å². The first kappa shape index (κ1) is 14.6. The van der Waals surface area contributed by atoms with Crippen LogP contribution in [0.3, 0.4) is 0 Å². The molecular formula is C15H12F3N5O. The van der Waals surface area contributed by atoms with Crippen LogP contribution in [0.15, 0.2) is 36.8 Å². The van der Waals surface area contributed by atoms with Crippen LogP contribution in [0.5, 0.6) is 6.01 Å². The summed E-state index contributed by atoms with van der Waals surface area (Å²) in [6.45, 7) is 1.71. The topological polar surface area (TPSA) is 65.7 Å². The number of aromatic nitrogens is 5. The second-order valence-corrected chi connectivity index (χ2v) is 4.90. The van der Waals surface area contributed by atoms with Gasteiger partial charge >= 0.3 is 6.01 Å². The Morgan fingerprint density at radius 3 is 2.75 bits per heavy atom. The van der Waals surface area contributed by atoms with E-state index in [1.54, 1.807) is 12.4 Å². The largest absolute Gasteiger partial charge is 0.457 e. The van der Waals surface area contributed by atoms with Crippen LogP contribution >= 0.6 is 0 Å². The molecule has 124 valence electrons. The van der Waals surface area contributed by atoms with E-state index in [9.17, 15) is 13.2 Å². The molecule has 0 aliphatic rings. The Bertz CT molecular complexity index is 885. The van der Waals surface area contributed by atoms with E-state index < -0.39 is 17.8 Å². The van der Waals surface area contributed by atoms with Crippen molar-refractivity contribution in [1.29, 1.82) is 0 Å². The maximum absolute atomic E-state index is 13.4. The van der Waals surface area contributed by atoms with Gasteiger partial charge in [-0.05, 0) is 30.7 Å². The molecule has 0 aliphatic heterocycles. The summed E-state index contributed by atoms with van der Waals surface area (Å²) >= 11 is 0. The Balaban J connectivity index is 1.81. The third-order valence-electron chi connectivity index (χ3n) is 3.04. The fourth-order valence-electron chi connectivity index (χ4n) is 1.86. The number of nitrogens with zero attached hydrogens (tertiary/aromatic N) is 5. The highest BCUT2D eigenvalue weighted by molar-refractivity contribution is 5.36. The molecule has 0 radical (unpaired) electrons. The summed E-state index contributed by atoms with van der Waals surface area (Å²) in [6, 6.07) is 3.18. The van der Waals surface area contributed by atoms with Crippen LogP contribution in [-0.4, -0.2) is 25.0 Å². The number of hydrogen-bond donors (Lipinski definition) is 0. The van der Waals surface area contributed by atoms with E-state index in [0.29, 0.717) is 0 Å². The molecule has 0 fully saturated rings. The first-order chi connectivity index (χ1) is 12.0. The fourth-order valence-corrected chi connectivity index (χ4v) is 1.86. The molecule has 6 nitrogen and oxygen atoms in total. The summed E-state index contributed by atoms with van der Waals surface area (Å²) in [5, 5.41) is 7.52. The van der Waals surface area contributed by atoms with Crippen molar-refractivity contribution in [3.05, 3.63) is 59.4 Å². The van der Waals surface area contributed by atoms with E-state index >= 15 is 0 Å². The van der Waals surface area contributed by atoms with Gasteiger partial charge in [-0.15, -0.1) is 5.10 Å². The Hall–Kier alpha value is -2.97. The maximum Gasteiger partial charge on any atom is 0.316 e. The molecule has 3 aromatic rings. The van der Waals surface area contributed by atoms with Gasteiger partial charge in [-0.1, -0.05) is 5.21 Å². The Kier molecular flexibility index (Phi) is 4.05. The first-order valence-corrected chi connectivity index (χ1v) is 6.86. The van der Waals surface area contributed by atoms with Gasteiger partial charge in [0.25, 0.3) is 6.43 Å². The fraction of sp³-hybridized carbons (Fsp3) is 0.200. The smallest absolute Gasteiger partial charge is 0.316 e. The SMILES string of the molecule is [3H]c1c(COc2ncc(C)cn2)nnn1-c1ccc(F)c(C(F)F)c1. The van der Waals surface area contributed by atoms with Gasteiger partial charge in [-0.3, -0.25) is 0 Å². The molecule has 0 aliphatic carbocycles. The van der Waals surface area contributed by atoms with Crippen LogP contribution in [-0.2, 0) is 6.61 Å². The number of alkyl halides is 2. The molecule has 3 rings (SSSR count). The summed E-state index contributed by atoms with van der Waals surface area (Å²) in [5.74, 6) is -1.02. The van der Waals surface area contributed by atoms with Crippen LogP contribution in [0.25, 0.3) is 5.69 Å². The second kappa shape index (κ2) is 6.65. The molecule has 0 unspecified atom stereocenters. The lowest BCUT2D eigenvalue weighted by atomic mass is 10.2. The lowest BCUT2D eigenvalue weighted by molar-refractivity contribution is 0.146. The van der Waals surface area contributed by atoms with Crippen molar-refractivity contribution in [2.45, 2.75) is 20.0 Å². The molecular weight excluding hydrogens is 323 g/mol. The highest BCUT2D eigenvalue weighted by atomic mass is 19.3. The predicted molar refractivity (Wildman–Crippen MR) is 77.4 cm³/mol. The highest BCUT2D eigenvalue weighted by Crippen LogP contribution is 2.24. The molecule has 1 aromatic carbocycles. The van der Waals surface area contributed by atoms with Gasteiger partial charge in [0.05, 0.1) is 18.8 Å². The predicted octanol–water partition coefficient (Wildman–Crippen LogP) is 3.02. The molecule has 2 aromatic heterocycles. The summed E-state index contributed by atoms with van der Waals surface area (Å²) < 4.78 is 53.3. The van der Waals surface area contributed by atoms with Gasteiger partial charge in [0, 0.05) is 12.4 Å². The van der Waals surface area contributed by atoms with Gasteiger partial charge in [-0.25, -0.2) is 27.8 Å². The van der Waals surface area contributed by atoms with Crippen molar-refractivity contribution < 1.29 is 19.3 Å². The average Bonchev–Trinajstić information content (AvgIpc) is 2.95. The normalized spacial score (nSPS) is 11.6. The van der Waals surface area contributed by atoms with Crippen molar-refractivity contribution in [2.24, 2.45) is 0 Å². The number of hydrogen-bond acceptors (Lipinski definition) is 5. The quantitative estimate of drug-likeness (QED) is 0.716. The minimum absolute atomic E-state index is 0.104. The van der Waals surface area contributed by atoms with Gasteiger partial charge in [0.15, 0.2) is 0 Å². The Morgan fingerprint density at radius 1 is 1.29 bits per heavy atom. The highest BCUT2D eigenvalue weighted by Gasteiger charge is 2.15. The molecule has 9 heteroatoms. The van der Waals surface area contributed by atoms with E-state index in [0.717, 1.165) is 22.4 Å². The monoisotopic (exact) mass is 337 g/mol. The van der Waals surface area contributed by atoms with Gasteiger partial charge in [0.1, 0.15) is 18.1 Å². The van der Waals surface area contributed by atoms with Gasteiger partial charge in [0.2, 0.25) is 0 Å². The van der Waals surface area contributed by atoms with Crippen molar-refractivity contribution >= 4 is 0 Å². The summed E-state index contributed by atoms with van der Waals surface area (Å²) in [6.07, 6.45) is 0.00849. The third-order valence-corrected chi connectivity index (χ3v) is 3.04.